The Labute approximate surface area is 132 Å². The van der Waals surface area contributed by atoms with E-state index in [-0.39, 0.29) is 16.4 Å². The van der Waals surface area contributed by atoms with Crippen LogP contribution in [0.1, 0.15) is 10.4 Å². The number of nitrogens with two attached hydrogens (primary N) is 1. The number of sulfone groups is 1. The van der Waals surface area contributed by atoms with Gasteiger partial charge in [0.05, 0.1) is 10.6 Å². The Balaban J connectivity index is 2.31. The van der Waals surface area contributed by atoms with Gasteiger partial charge in [-0.05, 0) is 6.07 Å². The maximum atomic E-state index is 12.5. The quantitative estimate of drug-likeness (QED) is 0.606. The van der Waals surface area contributed by atoms with Crippen molar-refractivity contribution in [1.82, 2.24) is 9.88 Å². The zero-order valence-corrected chi connectivity index (χ0v) is 13.6. The summed E-state index contributed by atoms with van der Waals surface area (Å²) >= 11 is 7.45. The van der Waals surface area contributed by atoms with E-state index in [0.29, 0.717) is 18.1 Å². The largest absolute Gasteiger partial charge is 0.320 e. The summed E-state index contributed by atoms with van der Waals surface area (Å²) in [5, 5.41) is -0.625. The number of nitrogens with one attached hydrogen (secondary N) is 1. The van der Waals surface area contributed by atoms with Crippen LogP contribution in [0.15, 0.2) is 12.3 Å². The number of carbonyl (C=O) groups is 1. The highest BCUT2D eigenvalue weighted by Crippen LogP contribution is 2.24. The summed E-state index contributed by atoms with van der Waals surface area (Å²) in [5.74, 6) is 6.14. The molecule has 21 heavy (non-hydrogen) atoms. The molecular formula is C11H15ClN4O3S2. The second kappa shape index (κ2) is 6.39. The fraction of sp³-hybridized carbons (Fsp3) is 0.455. The zero-order valence-electron chi connectivity index (χ0n) is 11.2. The molecule has 1 fully saturated rings. The molecule has 1 atom stereocenters. The first-order valence-electron chi connectivity index (χ1n) is 6.04. The minimum Gasteiger partial charge on any atom is -0.320 e. The van der Waals surface area contributed by atoms with Gasteiger partial charge >= 0.3 is 0 Å². The number of anilines is 1. The van der Waals surface area contributed by atoms with Crippen molar-refractivity contribution >= 4 is 44.9 Å². The number of hydrogen-bond acceptors (Lipinski definition) is 7. The van der Waals surface area contributed by atoms with E-state index in [1.54, 1.807) is 0 Å². The van der Waals surface area contributed by atoms with Crippen LogP contribution in [-0.4, -0.2) is 53.9 Å². The molecule has 0 spiro atoms. The molecule has 10 heteroatoms. The van der Waals surface area contributed by atoms with Crippen molar-refractivity contribution < 1.29 is 13.2 Å². The van der Waals surface area contributed by atoms with Crippen LogP contribution in [0.5, 0.6) is 0 Å². The third-order valence-corrected chi connectivity index (χ3v) is 6.00. The van der Waals surface area contributed by atoms with Gasteiger partial charge in [-0.3, -0.25) is 4.79 Å². The van der Waals surface area contributed by atoms with Gasteiger partial charge in [0.25, 0.3) is 5.91 Å². The molecule has 1 aromatic rings. The molecule has 116 valence electrons. The van der Waals surface area contributed by atoms with Crippen molar-refractivity contribution in [2.24, 2.45) is 5.84 Å². The summed E-state index contributed by atoms with van der Waals surface area (Å²) in [6, 6.07) is 1.42. The molecule has 2 heterocycles. The van der Waals surface area contributed by atoms with Crippen molar-refractivity contribution in [3.05, 3.63) is 22.8 Å². The third-order valence-electron chi connectivity index (χ3n) is 3.06. The van der Waals surface area contributed by atoms with Gasteiger partial charge in [0.2, 0.25) is 0 Å². The summed E-state index contributed by atoms with van der Waals surface area (Å²) in [5.41, 5.74) is 2.54. The summed E-state index contributed by atoms with van der Waals surface area (Å²) in [6.07, 6.45) is 2.46. The van der Waals surface area contributed by atoms with Crippen LogP contribution in [0.2, 0.25) is 5.02 Å². The summed E-state index contributed by atoms with van der Waals surface area (Å²) in [6.45, 7) is 0.371. The SMILES string of the molecule is CS(=O)(=O)C1CSCCN1C(=O)c1cnc(NN)c(Cl)c1. The van der Waals surface area contributed by atoms with Crippen molar-refractivity contribution in [1.29, 1.82) is 0 Å². The molecule has 0 saturated carbocycles. The number of rotatable bonds is 3. The van der Waals surface area contributed by atoms with E-state index in [1.165, 1.54) is 28.9 Å². The molecule has 0 aromatic carbocycles. The molecule has 0 radical (unpaired) electrons. The Kier molecular flexibility index (Phi) is 4.97. The number of hydrogen-bond donors (Lipinski definition) is 2. The number of aromatic nitrogens is 1. The Morgan fingerprint density at radius 2 is 2.33 bits per heavy atom. The topological polar surface area (TPSA) is 105 Å². The molecule has 1 aromatic heterocycles. The van der Waals surface area contributed by atoms with Crippen LogP contribution in [0.4, 0.5) is 5.82 Å². The number of nitrogen functional groups attached to an aromatic ring is 1. The lowest BCUT2D eigenvalue weighted by atomic mass is 10.2. The normalized spacial score (nSPS) is 19.4. The number of thioether (sulfide) groups is 1. The number of pyridine rings is 1. The molecule has 1 saturated heterocycles. The zero-order chi connectivity index (χ0) is 15.6. The minimum absolute atomic E-state index is 0.200. The van der Waals surface area contributed by atoms with Gasteiger partial charge in [0.1, 0.15) is 5.37 Å². The first-order chi connectivity index (χ1) is 9.84. The highest BCUT2D eigenvalue weighted by molar-refractivity contribution is 8.00. The molecule has 2 rings (SSSR count). The first-order valence-corrected chi connectivity index (χ1v) is 9.53. The predicted octanol–water partition coefficient (Wildman–Crippen LogP) is 0.580. The van der Waals surface area contributed by atoms with Crippen LogP contribution < -0.4 is 11.3 Å². The summed E-state index contributed by atoms with van der Waals surface area (Å²) < 4.78 is 23.6. The van der Waals surface area contributed by atoms with E-state index in [0.717, 1.165) is 6.26 Å². The Bertz CT molecular complexity index is 653. The number of carbonyl (C=O) groups excluding carboxylic acids is 1. The molecule has 1 aliphatic rings. The maximum Gasteiger partial charge on any atom is 0.256 e. The molecule has 7 nitrogen and oxygen atoms in total. The second-order valence-electron chi connectivity index (χ2n) is 4.56. The first kappa shape index (κ1) is 16.3. The highest BCUT2D eigenvalue weighted by atomic mass is 35.5. The maximum absolute atomic E-state index is 12.5. The van der Waals surface area contributed by atoms with Gasteiger partial charge in [-0.25, -0.2) is 19.2 Å². The molecule has 3 N–H and O–H groups in total. The third kappa shape index (κ3) is 3.60. The molecule has 1 unspecified atom stereocenters. The predicted molar refractivity (Wildman–Crippen MR) is 84.1 cm³/mol. The van der Waals surface area contributed by atoms with Crippen LogP contribution in [0.25, 0.3) is 0 Å². The van der Waals surface area contributed by atoms with E-state index in [4.69, 9.17) is 17.4 Å². The monoisotopic (exact) mass is 350 g/mol. The van der Waals surface area contributed by atoms with Gasteiger partial charge in [-0.15, -0.1) is 0 Å². The summed E-state index contributed by atoms with van der Waals surface area (Å²) in [4.78, 5) is 17.8. The van der Waals surface area contributed by atoms with Gasteiger partial charge in [0, 0.05) is 30.5 Å². The van der Waals surface area contributed by atoms with Crippen LogP contribution >= 0.6 is 23.4 Å². The molecule has 1 aliphatic heterocycles. The molecule has 0 bridgehead atoms. The van der Waals surface area contributed by atoms with Gasteiger partial charge in [-0.1, -0.05) is 11.6 Å². The smallest absolute Gasteiger partial charge is 0.256 e. The van der Waals surface area contributed by atoms with E-state index in [1.807, 2.05) is 0 Å². The average Bonchev–Trinajstić information content (AvgIpc) is 2.45. The van der Waals surface area contributed by atoms with E-state index >= 15 is 0 Å². The fourth-order valence-electron chi connectivity index (χ4n) is 1.99. The van der Waals surface area contributed by atoms with Gasteiger partial charge < -0.3 is 10.3 Å². The average molecular weight is 351 g/mol. The van der Waals surface area contributed by atoms with E-state index in [2.05, 4.69) is 10.4 Å². The number of hydrazine groups is 1. The van der Waals surface area contributed by atoms with Crippen molar-refractivity contribution in [2.75, 3.05) is 29.7 Å². The van der Waals surface area contributed by atoms with Crippen molar-refractivity contribution in [3.63, 3.8) is 0 Å². The van der Waals surface area contributed by atoms with Crippen molar-refractivity contribution in [3.8, 4) is 0 Å². The number of nitrogens with zero attached hydrogens (tertiary/aromatic N) is 2. The van der Waals surface area contributed by atoms with E-state index < -0.39 is 21.1 Å². The second-order valence-corrected chi connectivity index (χ2v) is 8.32. The van der Waals surface area contributed by atoms with Crippen LogP contribution in [0, 0.1) is 0 Å². The summed E-state index contributed by atoms with van der Waals surface area (Å²) in [7, 11) is -3.35. The minimum atomic E-state index is -3.35. The highest BCUT2D eigenvalue weighted by Gasteiger charge is 2.34. The van der Waals surface area contributed by atoms with Crippen LogP contribution in [0.3, 0.4) is 0 Å². The Morgan fingerprint density at radius 1 is 1.62 bits per heavy atom. The molecule has 1 amide bonds. The standard InChI is InChI=1S/C11H15ClN4O3S2/c1-21(18,19)9-6-20-3-2-16(9)11(17)7-4-8(12)10(15-13)14-5-7/h4-5,9H,2-3,6,13H2,1H3,(H,14,15). The van der Waals surface area contributed by atoms with E-state index in [9.17, 15) is 13.2 Å². The lowest BCUT2D eigenvalue weighted by Gasteiger charge is -2.34. The van der Waals surface area contributed by atoms with Crippen LogP contribution in [-0.2, 0) is 9.84 Å². The van der Waals surface area contributed by atoms with Gasteiger partial charge in [0.15, 0.2) is 15.7 Å². The molecule has 0 aliphatic carbocycles. The lowest BCUT2D eigenvalue weighted by Crippen LogP contribution is -2.49. The number of halogens is 1. The van der Waals surface area contributed by atoms with Crippen molar-refractivity contribution in [2.45, 2.75) is 5.37 Å². The fourth-order valence-corrected chi connectivity index (χ4v) is 5.03. The Hall–Kier alpha value is -1.03. The van der Waals surface area contributed by atoms with Gasteiger partial charge in [-0.2, -0.15) is 11.8 Å². The number of amides is 1. The Morgan fingerprint density at radius 3 is 2.90 bits per heavy atom. The lowest BCUT2D eigenvalue weighted by molar-refractivity contribution is 0.0749. The molecular weight excluding hydrogens is 336 g/mol.